The van der Waals surface area contributed by atoms with Crippen molar-refractivity contribution in [2.45, 2.75) is 38.3 Å². The Kier molecular flexibility index (Phi) is 4.54. The van der Waals surface area contributed by atoms with Crippen LogP contribution in [0.5, 0.6) is 0 Å². The van der Waals surface area contributed by atoms with Gasteiger partial charge in [0.2, 0.25) is 0 Å². The molecule has 0 radical (unpaired) electrons. The summed E-state index contributed by atoms with van der Waals surface area (Å²) in [5, 5.41) is 3.29. The monoisotopic (exact) mass is 327 g/mol. The molecule has 0 amide bonds. The zero-order valence-corrected chi connectivity index (χ0v) is 14.1. The van der Waals surface area contributed by atoms with Crippen LogP contribution in [0.25, 0.3) is 0 Å². The van der Waals surface area contributed by atoms with E-state index < -0.39 is 10.2 Å². The maximum absolute atomic E-state index is 13.2. The third-order valence-corrected chi connectivity index (χ3v) is 6.85. The van der Waals surface area contributed by atoms with Crippen molar-refractivity contribution in [2.24, 2.45) is 7.05 Å². The van der Waals surface area contributed by atoms with Crippen LogP contribution < -0.4 is 5.32 Å². The van der Waals surface area contributed by atoms with Crippen molar-refractivity contribution in [1.29, 1.82) is 0 Å². The molecule has 2 aliphatic rings. The van der Waals surface area contributed by atoms with Crippen molar-refractivity contribution in [2.75, 3.05) is 26.2 Å². The molecule has 22 heavy (non-hydrogen) atoms. The fourth-order valence-electron chi connectivity index (χ4n) is 3.43. The number of aryl methyl sites for hydroxylation is 1. The molecule has 124 valence electrons. The fraction of sp³-hybridized carbons (Fsp3) is 0.786. The lowest BCUT2D eigenvalue weighted by Crippen LogP contribution is -2.56. The number of piperazine rings is 1. The van der Waals surface area contributed by atoms with Gasteiger partial charge in [-0.25, -0.2) is 4.98 Å². The van der Waals surface area contributed by atoms with Crippen molar-refractivity contribution >= 4 is 10.2 Å². The summed E-state index contributed by atoms with van der Waals surface area (Å²) in [5.41, 5.74) is 0. The summed E-state index contributed by atoms with van der Waals surface area (Å²) < 4.78 is 31.5. The molecule has 3 rings (SSSR count). The molecule has 1 aromatic rings. The van der Waals surface area contributed by atoms with Crippen LogP contribution in [-0.4, -0.2) is 58.8 Å². The number of aromatic nitrogens is 2. The smallest absolute Gasteiger partial charge is 0.282 e. The van der Waals surface area contributed by atoms with Gasteiger partial charge in [-0.15, -0.1) is 0 Å². The Morgan fingerprint density at radius 3 is 2.77 bits per heavy atom. The first kappa shape index (κ1) is 15.9. The number of piperidine rings is 1. The van der Waals surface area contributed by atoms with E-state index in [0.717, 1.165) is 25.1 Å². The molecule has 3 heterocycles. The van der Waals surface area contributed by atoms with Gasteiger partial charge in [0, 0.05) is 51.7 Å². The Hall–Kier alpha value is -0.960. The van der Waals surface area contributed by atoms with Crippen molar-refractivity contribution in [3.63, 3.8) is 0 Å². The zero-order valence-electron chi connectivity index (χ0n) is 13.3. The van der Waals surface area contributed by atoms with E-state index >= 15 is 0 Å². The fourth-order valence-corrected chi connectivity index (χ4v) is 5.43. The summed E-state index contributed by atoms with van der Waals surface area (Å²) >= 11 is 0. The first-order valence-electron chi connectivity index (χ1n) is 7.98. The Morgan fingerprint density at radius 2 is 2.09 bits per heavy atom. The van der Waals surface area contributed by atoms with E-state index in [0.29, 0.717) is 26.2 Å². The number of imidazole rings is 1. The highest BCUT2D eigenvalue weighted by atomic mass is 32.2. The van der Waals surface area contributed by atoms with Gasteiger partial charge in [-0.3, -0.25) is 0 Å². The molecule has 2 aliphatic heterocycles. The molecule has 2 fully saturated rings. The summed E-state index contributed by atoms with van der Waals surface area (Å²) in [7, 11) is -1.54. The predicted octanol–water partition coefficient (Wildman–Crippen LogP) is 0.486. The number of rotatable bonds is 3. The average Bonchev–Trinajstić information content (AvgIpc) is 2.93. The maximum atomic E-state index is 13.2. The van der Waals surface area contributed by atoms with Crippen LogP contribution in [0.15, 0.2) is 12.4 Å². The normalized spacial score (nSPS) is 28.8. The third-order valence-electron chi connectivity index (χ3n) is 4.69. The quantitative estimate of drug-likeness (QED) is 0.877. The molecule has 0 bridgehead atoms. The standard InChI is InChI=1S/C14H25N5O2S/c1-12-5-3-4-8-18(12)22(20,21)19-10-6-15-11-13(19)14-16-7-9-17(14)2/h7,9,12-13,15H,3-6,8,10-11H2,1-2H3. The van der Waals surface area contributed by atoms with E-state index in [1.807, 2.05) is 24.7 Å². The van der Waals surface area contributed by atoms with Gasteiger partial charge in [0.25, 0.3) is 10.2 Å². The average molecular weight is 327 g/mol. The maximum Gasteiger partial charge on any atom is 0.282 e. The molecule has 0 aliphatic carbocycles. The van der Waals surface area contributed by atoms with E-state index in [1.165, 1.54) is 0 Å². The van der Waals surface area contributed by atoms with Crippen molar-refractivity contribution < 1.29 is 8.42 Å². The first-order valence-corrected chi connectivity index (χ1v) is 9.38. The molecular weight excluding hydrogens is 302 g/mol. The largest absolute Gasteiger partial charge is 0.337 e. The molecule has 2 saturated heterocycles. The van der Waals surface area contributed by atoms with Crippen LogP contribution in [0.4, 0.5) is 0 Å². The van der Waals surface area contributed by atoms with E-state index in [2.05, 4.69) is 10.3 Å². The minimum atomic E-state index is -3.45. The molecule has 0 saturated carbocycles. The second-order valence-corrected chi connectivity index (χ2v) is 8.02. The lowest BCUT2D eigenvalue weighted by molar-refractivity contribution is 0.205. The predicted molar refractivity (Wildman–Crippen MR) is 84.5 cm³/mol. The minimum absolute atomic E-state index is 0.0793. The summed E-state index contributed by atoms with van der Waals surface area (Å²) in [4.78, 5) is 4.37. The van der Waals surface area contributed by atoms with Gasteiger partial charge in [0.15, 0.2) is 0 Å². The molecule has 1 aromatic heterocycles. The van der Waals surface area contributed by atoms with E-state index in [9.17, 15) is 8.42 Å². The van der Waals surface area contributed by atoms with Gasteiger partial charge in [-0.05, 0) is 19.8 Å². The van der Waals surface area contributed by atoms with Crippen LogP contribution in [-0.2, 0) is 17.3 Å². The molecule has 8 heteroatoms. The summed E-state index contributed by atoms with van der Waals surface area (Å²) in [5.74, 6) is 0.792. The molecule has 2 unspecified atom stereocenters. The molecule has 0 spiro atoms. The number of nitrogens with zero attached hydrogens (tertiary/aromatic N) is 4. The van der Waals surface area contributed by atoms with E-state index in [-0.39, 0.29) is 12.1 Å². The van der Waals surface area contributed by atoms with Crippen LogP contribution in [0, 0.1) is 0 Å². The highest BCUT2D eigenvalue weighted by Gasteiger charge is 2.41. The molecular formula is C14H25N5O2S. The topological polar surface area (TPSA) is 70.5 Å². The first-order chi connectivity index (χ1) is 10.5. The minimum Gasteiger partial charge on any atom is -0.337 e. The van der Waals surface area contributed by atoms with Gasteiger partial charge >= 0.3 is 0 Å². The number of hydrogen-bond acceptors (Lipinski definition) is 4. The summed E-state index contributed by atoms with van der Waals surface area (Å²) in [6.07, 6.45) is 6.58. The highest BCUT2D eigenvalue weighted by molar-refractivity contribution is 7.86. The van der Waals surface area contributed by atoms with Gasteiger partial charge in [0.05, 0.1) is 6.04 Å². The molecule has 7 nitrogen and oxygen atoms in total. The molecule has 0 aromatic carbocycles. The van der Waals surface area contributed by atoms with Crippen molar-refractivity contribution in [3.8, 4) is 0 Å². The lowest BCUT2D eigenvalue weighted by Gasteiger charge is -2.41. The van der Waals surface area contributed by atoms with E-state index in [4.69, 9.17) is 0 Å². The second kappa shape index (κ2) is 6.27. The second-order valence-electron chi connectivity index (χ2n) is 6.19. The Morgan fingerprint density at radius 1 is 1.27 bits per heavy atom. The Bertz CT molecular complexity index is 615. The summed E-state index contributed by atoms with van der Waals surface area (Å²) in [6, 6.07) is -0.163. The number of hydrogen-bond donors (Lipinski definition) is 1. The molecule has 2 atom stereocenters. The van der Waals surface area contributed by atoms with Crippen LogP contribution in [0.1, 0.15) is 38.1 Å². The Labute approximate surface area is 132 Å². The van der Waals surface area contributed by atoms with Crippen LogP contribution in [0.2, 0.25) is 0 Å². The van der Waals surface area contributed by atoms with Gasteiger partial charge in [-0.1, -0.05) is 6.42 Å². The van der Waals surface area contributed by atoms with Crippen LogP contribution >= 0.6 is 0 Å². The molecule has 1 N–H and O–H groups in total. The van der Waals surface area contributed by atoms with E-state index in [1.54, 1.807) is 14.8 Å². The van der Waals surface area contributed by atoms with Gasteiger partial charge in [0.1, 0.15) is 5.82 Å². The van der Waals surface area contributed by atoms with Gasteiger partial charge < -0.3 is 9.88 Å². The number of nitrogens with one attached hydrogen (secondary N) is 1. The van der Waals surface area contributed by atoms with Crippen molar-refractivity contribution in [1.82, 2.24) is 23.5 Å². The van der Waals surface area contributed by atoms with Crippen LogP contribution in [0.3, 0.4) is 0 Å². The highest BCUT2D eigenvalue weighted by Crippen LogP contribution is 2.29. The lowest BCUT2D eigenvalue weighted by atomic mass is 10.1. The van der Waals surface area contributed by atoms with Gasteiger partial charge in [-0.2, -0.15) is 17.0 Å². The zero-order chi connectivity index (χ0) is 15.7. The SMILES string of the molecule is CC1CCCCN1S(=O)(=O)N1CCNCC1c1nccn1C. The Balaban J connectivity index is 1.91. The van der Waals surface area contributed by atoms with Crippen molar-refractivity contribution in [3.05, 3.63) is 18.2 Å². The third kappa shape index (κ3) is 2.80. The summed E-state index contributed by atoms with van der Waals surface area (Å²) in [6.45, 7) is 4.41.